The van der Waals surface area contributed by atoms with Crippen LogP contribution in [0.5, 0.6) is 0 Å². The van der Waals surface area contributed by atoms with E-state index >= 15 is 0 Å². The predicted molar refractivity (Wildman–Crippen MR) is 91.0 cm³/mol. The first-order chi connectivity index (χ1) is 11.8. The summed E-state index contributed by atoms with van der Waals surface area (Å²) in [7, 11) is 0. The minimum atomic E-state index is 0.197. The summed E-state index contributed by atoms with van der Waals surface area (Å²) >= 11 is 0. The van der Waals surface area contributed by atoms with E-state index < -0.39 is 0 Å². The summed E-state index contributed by atoms with van der Waals surface area (Å²) < 4.78 is 7.69. The molecule has 1 aliphatic heterocycles. The summed E-state index contributed by atoms with van der Waals surface area (Å²) in [5, 5.41) is 4.39. The zero-order valence-corrected chi connectivity index (χ0v) is 13.8. The SMILES string of the molecule is O=C(Cc1cnn(-c2ccccc2)c1)N1CCO[C@H]2CCCC[C@H]21. The van der Waals surface area contributed by atoms with E-state index in [2.05, 4.69) is 5.10 Å². The Morgan fingerprint density at radius 2 is 2.04 bits per heavy atom. The van der Waals surface area contributed by atoms with Crippen molar-refractivity contribution in [2.45, 2.75) is 44.2 Å². The molecule has 0 unspecified atom stereocenters. The Balaban J connectivity index is 1.45. The van der Waals surface area contributed by atoms with Gasteiger partial charge in [-0.25, -0.2) is 4.68 Å². The highest BCUT2D eigenvalue weighted by Crippen LogP contribution is 2.28. The molecule has 2 heterocycles. The summed E-state index contributed by atoms with van der Waals surface area (Å²) in [6.45, 7) is 1.38. The third kappa shape index (κ3) is 3.08. The Morgan fingerprint density at radius 1 is 1.21 bits per heavy atom. The highest BCUT2D eigenvalue weighted by molar-refractivity contribution is 5.79. The molecule has 4 rings (SSSR count). The Morgan fingerprint density at radius 3 is 2.92 bits per heavy atom. The van der Waals surface area contributed by atoms with Gasteiger partial charge in [0.15, 0.2) is 0 Å². The van der Waals surface area contributed by atoms with Crippen LogP contribution >= 0.6 is 0 Å². The van der Waals surface area contributed by atoms with Crippen LogP contribution in [0.15, 0.2) is 42.7 Å². The van der Waals surface area contributed by atoms with Crippen molar-refractivity contribution in [3.8, 4) is 5.69 Å². The van der Waals surface area contributed by atoms with Crippen molar-refractivity contribution < 1.29 is 9.53 Å². The average molecular weight is 325 g/mol. The molecule has 1 aliphatic carbocycles. The molecule has 0 N–H and O–H groups in total. The molecule has 1 amide bonds. The van der Waals surface area contributed by atoms with Gasteiger partial charge >= 0.3 is 0 Å². The number of rotatable bonds is 3. The lowest BCUT2D eigenvalue weighted by atomic mass is 9.90. The number of hydrogen-bond acceptors (Lipinski definition) is 3. The lowest BCUT2D eigenvalue weighted by Gasteiger charge is -2.43. The molecule has 126 valence electrons. The van der Waals surface area contributed by atoms with Crippen molar-refractivity contribution in [1.82, 2.24) is 14.7 Å². The fraction of sp³-hybridized carbons (Fsp3) is 0.474. The van der Waals surface area contributed by atoms with Crippen molar-refractivity contribution in [3.63, 3.8) is 0 Å². The van der Waals surface area contributed by atoms with E-state index in [1.807, 2.05) is 46.1 Å². The van der Waals surface area contributed by atoms with Gasteiger partial charge < -0.3 is 9.64 Å². The molecule has 2 fully saturated rings. The number of fused-ring (bicyclic) bond motifs is 1. The standard InChI is InChI=1S/C19H23N3O2/c23-19(21-10-11-24-18-9-5-4-8-17(18)21)12-15-13-20-22(14-15)16-6-2-1-3-7-16/h1-3,6-7,13-14,17-18H,4-5,8-12H2/t17-,18+/m1/s1. The van der Waals surface area contributed by atoms with E-state index in [1.54, 1.807) is 6.20 Å². The smallest absolute Gasteiger partial charge is 0.227 e. The van der Waals surface area contributed by atoms with Crippen LogP contribution < -0.4 is 0 Å². The molecule has 5 nitrogen and oxygen atoms in total. The lowest BCUT2D eigenvalue weighted by molar-refractivity contribution is -0.148. The van der Waals surface area contributed by atoms with Crippen molar-refractivity contribution in [2.75, 3.05) is 13.2 Å². The third-order valence-electron chi connectivity index (χ3n) is 5.06. The van der Waals surface area contributed by atoms with Gasteiger partial charge in [0.25, 0.3) is 0 Å². The number of carbonyl (C=O) groups is 1. The summed E-state index contributed by atoms with van der Waals surface area (Å²) in [4.78, 5) is 14.9. The first-order valence-corrected chi connectivity index (χ1v) is 8.81. The highest BCUT2D eigenvalue weighted by Gasteiger charge is 2.36. The largest absolute Gasteiger partial charge is 0.374 e. The first kappa shape index (κ1) is 15.4. The zero-order chi connectivity index (χ0) is 16.4. The van der Waals surface area contributed by atoms with Crippen molar-refractivity contribution in [1.29, 1.82) is 0 Å². The van der Waals surface area contributed by atoms with Gasteiger partial charge in [-0.1, -0.05) is 31.0 Å². The van der Waals surface area contributed by atoms with Crippen LogP contribution in [0.4, 0.5) is 0 Å². The molecule has 1 aromatic heterocycles. The maximum Gasteiger partial charge on any atom is 0.227 e. The van der Waals surface area contributed by atoms with Gasteiger partial charge in [0.2, 0.25) is 5.91 Å². The monoisotopic (exact) mass is 325 g/mol. The Hall–Kier alpha value is -2.14. The number of morpholine rings is 1. The zero-order valence-electron chi connectivity index (χ0n) is 13.8. The molecule has 0 radical (unpaired) electrons. The number of nitrogens with zero attached hydrogens (tertiary/aromatic N) is 3. The van der Waals surface area contributed by atoms with E-state index in [-0.39, 0.29) is 18.1 Å². The minimum Gasteiger partial charge on any atom is -0.374 e. The van der Waals surface area contributed by atoms with Crippen LogP contribution in [0.1, 0.15) is 31.2 Å². The molecular formula is C19H23N3O2. The normalized spacial score (nSPS) is 23.8. The maximum absolute atomic E-state index is 12.8. The Bertz CT molecular complexity index is 696. The second kappa shape index (κ2) is 6.77. The fourth-order valence-corrected chi connectivity index (χ4v) is 3.86. The van der Waals surface area contributed by atoms with Gasteiger partial charge in [0, 0.05) is 12.7 Å². The van der Waals surface area contributed by atoms with E-state index in [0.717, 1.165) is 24.1 Å². The van der Waals surface area contributed by atoms with Gasteiger partial charge in [0.05, 0.1) is 37.1 Å². The van der Waals surface area contributed by atoms with Gasteiger partial charge in [0.1, 0.15) is 0 Å². The summed E-state index contributed by atoms with van der Waals surface area (Å²) in [5.74, 6) is 0.197. The van der Waals surface area contributed by atoms with Crippen molar-refractivity contribution >= 4 is 5.91 Å². The average Bonchev–Trinajstić information content (AvgIpc) is 3.10. The summed E-state index contributed by atoms with van der Waals surface area (Å²) in [6.07, 6.45) is 8.96. The van der Waals surface area contributed by atoms with E-state index in [4.69, 9.17) is 4.74 Å². The quantitative estimate of drug-likeness (QED) is 0.871. The van der Waals surface area contributed by atoms with Crippen LogP contribution in [0.3, 0.4) is 0 Å². The third-order valence-corrected chi connectivity index (χ3v) is 5.06. The van der Waals surface area contributed by atoms with Crippen LogP contribution in [0.25, 0.3) is 5.69 Å². The molecule has 2 atom stereocenters. The van der Waals surface area contributed by atoms with Crippen LogP contribution in [-0.4, -0.2) is 45.9 Å². The van der Waals surface area contributed by atoms with Crippen LogP contribution in [0, 0.1) is 0 Å². The second-order valence-electron chi connectivity index (χ2n) is 6.65. The Labute approximate surface area is 142 Å². The molecule has 0 bridgehead atoms. The summed E-state index contributed by atoms with van der Waals surface area (Å²) in [5.41, 5.74) is 1.97. The van der Waals surface area contributed by atoms with E-state index in [9.17, 15) is 4.79 Å². The molecule has 0 spiro atoms. The fourth-order valence-electron chi connectivity index (χ4n) is 3.86. The van der Waals surface area contributed by atoms with E-state index in [1.165, 1.54) is 12.8 Å². The van der Waals surface area contributed by atoms with E-state index in [0.29, 0.717) is 19.6 Å². The molecule has 1 aromatic carbocycles. The van der Waals surface area contributed by atoms with Gasteiger partial charge in [-0.15, -0.1) is 0 Å². The van der Waals surface area contributed by atoms with Gasteiger partial charge in [-0.3, -0.25) is 4.79 Å². The topological polar surface area (TPSA) is 47.4 Å². The predicted octanol–water partition coefficient (Wildman–Crippen LogP) is 2.58. The first-order valence-electron chi connectivity index (χ1n) is 8.81. The van der Waals surface area contributed by atoms with Crippen LogP contribution in [0.2, 0.25) is 0 Å². The number of aromatic nitrogens is 2. The van der Waals surface area contributed by atoms with Gasteiger partial charge in [-0.2, -0.15) is 5.10 Å². The second-order valence-corrected chi connectivity index (χ2v) is 6.65. The molecule has 1 saturated heterocycles. The molecule has 24 heavy (non-hydrogen) atoms. The summed E-state index contributed by atoms with van der Waals surface area (Å²) in [6, 6.07) is 10.2. The van der Waals surface area contributed by atoms with Crippen molar-refractivity contribution in [3.05, 3.63) is 48.3 Å². The number of hydrogen-bond donors (Lipinski definition) is 0. The lowest BCUT2D eigenvalue weighted by Crippen LogP contribution is -2.55. The van der Waals surface area contributed by atoms with Crippen molar-refractivity contribution in [2.24, 2.45) is 0 Å². The number of benzene rings is 1. The number of ether oxygens (including phenoxy) is 1. The number of amides is 1. The molecule has 2 aliphatic rings. The van der Waals surface area contributed by atoms with Gasteiger partial charge in [-0.05, 0) is 30.5 Å². The van der Waals surface area contributed by atoms with Crippen LogP contribution in [-0.2, 0) is 16.0 Å². The Kier molecular flexibility index (Phi) is 4.34. The molecule has 5 heteroatoms. The minimum absolute atomic E-state index is 0.197. The molecule has 2 aromatic rings. The highest BCUT2D eigenvalue weighted by atomic mass is 16.5. The molecular weight excluding hydrogens is 302 g/mol. The maximum atomic E-state index is 12.8. The number of para-hydroxylation sites is 1. The number of carbonyl (C=O) groups excluding carboxylic acids is 1. The molecule has 1 saturated carbocycles.